The molecule has 110 valence electrons. The lowest BCUT2D eigenvalue weighted by molar-refractivity contribution is 0.127. The van der Waals surface area contributed by atoms with Crippen molar-refractivity contribution >= 4 is 21.5 Å². The van der Waals surface area contributed by atoms with Crippen LogP contribution < -0.4 is 10.5 Å². The third-order valence-electron chi connectivity index (χ3n) is 3.05. The van der Waals surface area contributed by atoms with Gasteiger partial charge in [0.2, 0.25) is 10.0 Å². The van der Waals surface area contributed by atoms with Crippen molar-refractivity contribution in [2.45, 2.75) is 25.4 Å². The maximum Gasteiger partial charge on any atom is 0.235 e. The first-order valence-electron chi connectivity index (χ1n) is 6.48. The number of nitrogens with one attached hydrogen (secondary N) is 2. The first-order valence-corrected chi connectivity index (χ1v) is 8.14. The largest absolute Gasteiger partial charge is 0.387 e. The predicted molar refractivity (Wildman–Crippen MR) is 78.4 cm³/mol. The van der Waals surface area contributed by atoms with Crippen molar-refractivity contribution in [3.8, 4) is 0 Å². The van der Waals surface area contributed by atoms with Crippen LogP contribution in [0.25, 0.3) is 0 Å². The van der Waals surface area contributed by atoms with Gasteiger partial charge in [-0.05, 0) is 30.5 Å². The molecule has 0 spiro atoms. The normalized spacial score (nSPS) is 18.9. The van der Waals surface area contributed by atoms with Crippen molar-refractivity contribution in [1.29, 1.82) is 5.41 Å². The van der Waals surface area contributed by atoms with Gasteiger partial charge >= 0.3 is 0 Å². The van der Waals surface area contributed by atoms with Gasteiger partial charge in [0.05, 0.1) is 17.7 Å². The van der Waals surface area contributed by atoms with Crippen molar-refractivity contribution in [2.24, 2.45) is 5.73 Å². The molecular formula is C13H19N3O3S. The van der Waals surface area contributed by atoms with Gasteiger partial charge in [0.15, 0.2) is 0 Å². The molecule has 2 rings (SSSR count). The summed E-state index contributed by atoms with van der Waals surface area (Å²) in [6.45, 7) is 0.639. The zero-order valence-electron chi connectivity index (χ0n) is 11.1. The number of amidine groups is 1. The van der Waals surface area contributed by atoms with Crippen LogP contribution in [0.3, 0.4) is 0 Å². The molecule has 0 aliphatic carbocycles. The molecule has 6 nitrogen and oxygen atoms in total. The van der Waals surface area contributed by atoms with E-state index in [0.29, 0.717) is 18.7 Å². The predicted octanol–water partition coefficient (Wildman–Crippen LogP) is 1.09. The highest BCUT2D eigenvalue weighted by Crippen LogP contribution is 2.17. The van der Waals surface area contributed by atoms with Crippen LogP contribution in [0.1, 0.15) is 18.4 Å². The van der Waals surface area contributed by atoms with Crippen molar-refractivity contribution in [3.05, 3.63) is 29.8 Å². The maximum atomic E-state index is 12.0. The van der Waals surface area contributed by atoms with Crippen LogP contribution in [0.15, 0.2) is 24.3 Å². The van der Waals surface area contributed by atoms with Gasteiger partial charge in [-0.1, -0.05) is 12.1 Å². The summed E-state index contributed by atoms with van der Waals surface area (Å²) >= 11 is 0. The molecule has 20 heavy (non-hydrogen) atoms. The van der Waals surface area contributed by atoms with Crippen molar-refractivity contribution in [2.75, 3.05) is 17.1 Å². The van der Waals surface area contributed by atoms with Crippen LogP contribution in [-0.4, -0.2) is 32.7 Å². The second kappa shape index (κ2) is 6.23. The number of rotatable bonds is 6. The minimum atomic E-state index is -3.40. The van der Waals surface area contributed by atoms with Gasteiger partial charge in [0, 0.05) is 18.7 Å². The Morgan fingerprint density at radius 3 is 2.65 bits per heavy atom. The second-order valence-electron chi connectivity index (χ2n) is 4.92. The van der Waals surface area contributed by atoms with Crippen LogP contribution >= 0.6 is 0 Å². The minimum absolute atomic E-state index is 0.0117. The summed E-state index contributed by atoms with van der Waals surface area (Å²) < 4.78 is 31.8. The molecule has 0 saturated carbocycles. The quantitative estimate of drug-likeness (QED) is 0.540. The smallest absolute Gasteiger partial charge is 0.235 e. The molecule has 0 amide bonds. The molecule has 1 aliphatic rings. The molecule has 1 fully saturated rings. The molecule has 1 saturated heterocycles. The van der Waals surface area contributed by atoms with E-state index in [4.69, 9.17) is 15.9 Å². The van der Waals surface area contributed by atoms with Crippen molar-refractivity contribution in [1.82, 2.24) is 0 Å². The Bertz CT molecular complexity index is 563. The number of ether oxygens (including phenoxy) is 1. The van der Waals surface area contributed by atoms with E-state index in [0.717, 1.165) is 18.4 Å². The zero-order chi connectivity index (χ0) is 14.6. The fourth-order valence-corrected chi connectivity index (χ4v) is 3.48. The van der Waals surface area contributed by atoms with Gasteiger partial charge in [0.25, 0.3) is 0 Å². The fourth-order valence-electron chi connectivity index (χ4n) is 2.15. The van der Waals surface area contributed by atoms with E-state index < -0.39 is 10.0 Å². The number of hydrogen-bond donors (Lipinski definition) is 3. The van der Waals surface area contributed by atoms with Gasteiger partial charge in [-0.25, -0.2) is 8.42 Å². The zero-order valence-corrected chi connectivity index (χ0v) is 11.9. The lowest BCUT2D eigenvalue weighted by Gasteiger charge is -2.12. The third-order valence-corrected chi connectivity index (χ3v) is 4.41. The summed E-state index contributed by atoms with van der Waals surface area (Å²) in [5.41, 5.74) is 6.70. The third kappa shape index (κ3) is 4.50. The van der Waals surface area contributed by atoms with Crippen LogP contribution in [0, 0.1) is 5.41 Å². The highest BCUT2D eigenvalue weighted by atomic mass is 32.2. The highest BCUT2D eigenvalue weighted by molar-refractivity contribution is 7.92. The van der Waals surface area contributed by atoms with Crippen LogP contribution in [0.2, 0.25) is 0 Å². The lowest BCUT2D eigenvalue weighted by atomic mass is 10.1. The van der Waals surface area contributed by atoms with E-state index in [1.54, 1.807) is 24.3 Å². The molecule has 1 heterocycles. The average Bonchev–Trinajstić information content (AvgIpc) is 2.82. The summed E-state index contributed by atoms with van der Waals surface area (Å²) in [7, 11) is -3.40. The summed E-state index contributed by atoms with van der Waals surface area (Å²) in [5, 5.41) is 7.21. The Balaban J connectivity index is 1.96. The molecule has 1 aromatic carbocycles. The Kier molecular flexibility index (Phi) is 4.61. The van der Waals surface area contributed by atoms with E-state index in [9.17, 15) is 8.42 Å². The second-order valence-corrected chi connectivity index (χ2v) is 6.68. The first kappa shape index (κ1) is 14.8. The lowest BCUT2D eigenvalue weighted by Crippen LogP contribution is -2.25. The molecule has 1 aliphatic heterocycles. The molecule has 1 unspecified atom stereocenters. The standard InChI is InChI=1S/C13H19N3O3S/c14-13(15)8-10-3-5-11(6-4-10)16-20(17,18)9-12-2-1-7-19-12/h3-6,12,16H,1-2,7-9H2,(H3,14,15). The molecule has 7 heteroatoms. The SMILES string of the molecule is N=C(N)Cc1ccc(NS(=O)(=O)CC2CCCO2)cc1. The van der Waals surface area contributed by atoms with Gasteiger partial charge in [-0.3, -0.25) is 10.1 Å². The average molecular weight is 297 g/mol. The van der Waals surface area contributed by atoms with Gasteiger partial charge in [-0.2, -0.15) is 0 Å². The van der Waals surface area contributed by atoms with Crippen LogP contribution in [0.4, 0.5) is 5.69 Å². The van der Waals surface area contributed by atoms with Crippen molar-refractivity contribution in [3.63, 3.8) is 0 Å². The highest BCUT2D eigenvalue weighted by Gasteiger charge is 2.23. The van der Waals surface area contributed by atoms with E-state index in [1.807, 2.05) is 0 Å². The summed E-state index contributed by atoms with van der Waals surface area (Å²) in [6.07, 6.45) is 1.87. The Hall–Kier alpha value is -1.60. The van der Waals surface area contributed by atoms with Crippen molar-refractivity contribution < 1.29 is 13.2 Å². The number of anilines is 1. The minimum Gasteiger partial charge on any atom is -0.387 e. The fraction of sp³-hybridized carbons (Fsp3) is 0.462. The van der Waals surface area contributed by atoms with E-state index >= 15 is 0 Å². The van der Waals surface area contributed by atoms with Gasteiger partial charge < -0.3 is 10.5 Å². The Labute approximate surface area is 118 Å². The molecule has 1 aromatic rings. The summed E-state index contributed by atoms with van der Waals surface area (Å²) in [4.78, 5) is 0. The molecule has 0 radical (unpaired) electrons. The maximum absolute atomic E-state index is 12.0. The molecule has 0 bridgehead atoms. The van der Waals surface area contributed by atoms with E-state index in [-0.39, 0.29) is 17.7 Å². The van der Waals surface area contributed by atoms with Gasteiger partial charge in [0.1, 0.15) is 0 Å². The monoisotopic (exact) mass is 297 g/mol. The van der Waals surface area contributed by atoms with Crippen LogP contribution in [0.5, 0.6) is 0 Å². The van der Waals surface area contributed by atoms with Gasteiger partial charge in [-0.15, -0.1) is 0 Å². The Morgan fingerprint density at radius 2 is 2.10 bits per heavy atom. The Morgan fingerprint density at radius 1 is 1.40 bits per heavy atom. The number of benzene rings is 1. The number of nitrogens with two attached hydrogens (primary N) is 1. The molecule has 1 atom stereocenters. The number of hydrogen-bond acceptors (Lipinski definition) is 4. The summed E-state index contributed by atoms with van der Waals surface area (Å²) in [6, 6.07) is 6.85. The van der Waals surface area contributed by atoms with Crippen LogP contribution in [-0.2, 0) is 21.2 Å². The topological polar surface area (TPSA) is 105 Å². The first-order chi connectivity index (χ1) is 9.44. The molecular weight excluding hydrogens is 278 g/mol. The van der Waals surface area contributed by atoms with E-state index in [2.05, 4.69) is 4.72 Å². The number of sulfonamides is 1. The van der Waals surface area contributed by atoms with E-state index in [1.165, 1.54) is 0 Å². The molecule has 4 N–H and O–H groups in total. The molecule has 0 aromatic heterocycles. The summed E-state index contributed by atoms with van der Waals surface area (Å²) in [5.74, 6) is 0.0686.